The molecule has 33 heavy (non-hydrogen) atoms. The third-order valence-corrected chi connectivity index (χ3v) is 6.85. The third-order valence-electron chi connectivity index (χ3n) is 6.85. The Labute approximate surface area is 198 Å². The fraction of sp³-hybridized carbons (Fsp3) is 0.367. The van der Waals surface area contributed by atoms with Gasteiger partial charge in [-0.3, -0.25) is 4.79 Å². The van der Waals surface area contributed by atoms with Gasteiger partial charge in [-0.2, -0.15) is 0 Å². The Morgan fingerprint density at radius 3 is 2.42 bits per heavy atom. The van der Waals surface area contributed by atoms with Crippen LogP contribution in [0, 0.1) is 6.92 Å². The van der Waals surface area contributed by atoms with Gasteiger partial charge >= 0.3 is 0 Å². The number of carbonyl (C=O) groups excluding carboxylic acids is 1. The minimum atomic E-state index is -0.133. The summed E-state index contributed by atoms with van der Waals surface area (Å²) in [6.07, 6.45) is 3.77. The number of amides is 1. The van der Waals surface area contributed by atoms with Gasteiger partial charge in [0.05, 0.1) is 13.0 Å². The summed E-state index contributed by atoms with van der Waals surface area (Å²) in [5.41, 5.74) is 7.18. The molecular weight excluding hydrogens is 406 g/mol. The molecule has 0 radical (unpaired) electrons. The highest BCUT2D eigenvalue weighted by atomic mass is 16.5. The smallest absolute Gasteiger partial charge is 0.234 e. The van der Waals surface area contributed by atoms with Crippen molar-refractivity contribution in [2.24, 2.45) is 0 Å². The minimum Gasteiger partial charge on any atom is -0.497 e. The van der Waals surface area contributed by atoms with Crippen molar-refractivity contribution in [2.75, 3.05) is 18.6 Å². The van der Waals surface area contributed by atoms with Crippen LogP contribution in [0.1, 0.15) is 66.3 Å². The van der Waals surface area contributed by atoms with Crippen molar-refractivity contribution >= 4 is 11.6 Å². The zero-order valence-electron chi connectivity index (χ0n) is 20.3. The van der Waals surface area contributed by atoms with Gasteiger partial charge in [-0.25, -0.2) is 0 Å². The molecule has 3 aromatic rings. The van der Waals surface area contributed by atoms with E-state index in [0.29, 0.717) is 12.5 Å². The normalized spacial score (nSPS) is 15.2. The van der Waals surface area contributed by atoms with Crippen LogP contribution < -0.4 is 9.64 Å². The Hall–Kier alpha value is -3.07. The van der Waals surface area contributed by atoms with E-state index in [1.807, 2.05) is 11.0 Å². The highest BCUT2D eigenvalue weighted by Crippen LogP contribution is 2.36. The maximum atomic E-state index is 14.0. The molecule has 3 nitrogen and oxygen atoms in total. The van der Waals surface area contributed by atoms with Crippen LogP contribution in [-0.2, 0) is 17.6 Å². The molecule has 0 N–H and O–H groups in total. The van der Waals surface area contributed by atoms with Gasteiger partial charge in [-0.15, -0.1) is 0 Å². The number of nitrogens with zero attached hydrogens (tertiary/aromatic N) is 1. The van der Waals surface area contributed by atoms with Gasteiger partial charge in [0, 0.05) is 12.2 Å². The van der Waals surface area contributed by atoms with E-state index in [0.717, 1.165) is 42.7 Å². The molecule has 172 valence electrons. The average molecular weight is 442 g/mol. The summed E-state index contributed by atoms with van der Waals surface area (Å²) in [4.78, 5) is 16.0. The Morgan fingerprint density at radius 2 is 1.76 bits per heavy atom. The standard InChI is InChI=1S/C30H35NO2/c1-21(2)24-12-15-26(16-13-24)31(19-18-23-10-8-22(3)9-11-23)30(32)28-7-5-6-25-14-17-27(33-4)20-29(25)28/h8-17,20-21,28H,5-7,18-19H2,1-4H3. The number of aryl methyl sites for hydroxylation is 2. The van der Waals surface area contributed by atoms with Gasteiger partial charge < -0.3 is 9.64 Å². The monoisotopic (exact) mass is 441 g/mol. The van der Waals surface area contributed by atoms with Gasteiger partial charge in [0.1, 0.15) is 5.75 Å². The van der Waals surface area contributed by atoms with Gasteiger partial charge in [-0.1, -0.05) is 61.9 Å². The molecule has 0 aromatic heterocycles. The highest BCUT2D eigenvalue weighted by molar-refractivity contribution is 5.98. The Kier molecular flexibility index (Phi) is 7.17. The molecule has 0 bridgehead atoms. The molecule has 0 aliphatic heterocycles. The number of fused-ring (bicyclic) bond motifs is 1. The Morgan fingerprint density at radius 1 is 1.03 bits per heavy atom. The maximum absolute atomic E-state index is 14.0. The van der Waals surface area contributed by atoms with Crippen LogP contribution in [0.5, 0.6) is 5.75 Å². The predicted octanol–water partition coefficient (Wildman–Crippen LogP) is 6.82. The average Bonchev–Trinajstić information content (AvgIpc) is 2.84. The summed E-state index contributed by atoms with van der Waals surface area (Å²) in [5, 5.41) is 0. The predicted molar refractivity (Wildman–Crippen MR) is 136 cm³/mol. The first-order chi connectivity index (χ1) is 16.0. The SMILES string of the molecule is COc1ccc2c(c1)C(C(=O)N(CCc1ccc(C)cc1)c1ccc(C(C)C)cc1)CCC2. The lowest BCUT2D eigenvalue weighted by Crippen LogP contribution is -2.38. The molecule has 0 saturated carbocycles. The minimum absolute atomic E-state index is 0.133. The molecular formula is C30H35NO2. The zero-order chi connectivity index (χ0) is 23.4. The van der Waals surface area contributed by atoms with Crippen molar-refractivity contribution in [1.29, 1.82) is 0 Å². The number of anilines is 1. The van der Waals surface area contributed by atoms with Crippen molar-refractivity contribution in [2.45, 2.75) is 58.3 Å². The first-order valence-corrected chi connectivity index (χ1v) is 12.1. The quantitative estimate of drug-likeness (QED) is 0.402. The lowest BCUT2D eigenvalue weighted by atomic mass is 9.81. The molecule has 1 atom stereocenters. The molecule has 1 unspecified atom stereocenters. The van der Waals surface area contributed by atoms with Crippen LogP contribution in [0.4, 0.5) is 5.69 Å². The van der Waals surface area contributed by atoms with Gasteiger partial charge in [-0.05, 0) is 85.0 Å². The highest BCUT2D eigenvalue weighted by Gasteiger charge is 2.31. The van der Waals surface area contributed by atoms with Gasteiger partial charge in [0.25, 0.3) is 0 Å². The molecule has 1 aliphatic carbocycles. The fourth-order valence-corrected chi connectivity index (χ4v) is 4.75. The van der Waals surface area contributed by atoms with Gasteiger partial charge in [0.2, 0.25) is 5.91 Å². The molecule has 3 heteroatoms. The van der Waals surface area contributed by atoms with Crippen LogP contribution in [0.2, 0.25) is 0 Å². The number of benzene rings is 3. The Balaban J connectivity index is 1.65. The summed E-state index contributed by atoms with van der Waals surface area (Å²) >= 11 is 0. The molecule has 0 saturated heterocycles. The number of ether oxygens (including phenoxy) is 1. The van der Waals surface area contributed by atoms with E-state index in [9.17, 15) is 4.79 Å². The van der Waals surface area contributed by atoms with Crippen LogP contribution in [0.15, 0.2) is 66.7 Å². The molecule has 1 aliphatic rings. The summed E-state index contributed by atoms with van der Waals surface area (Å²) < 4.78 is 5.48. The topological polar surface area (TPSA) is 29.5 Å². The first kappa shape index (κ1) is 23.1. The lowest BCUT2D eigenvalue weighted by Gasteiger charge is -2.31. The number of rotatable bonds is 7. The molecule has 0 heterocycles. The van der Waals surface area contributed by atoms with E-state index < -0.39 is 0 Å². The van der Waals surface area contributed by atoms with E-state index in [-0.39, 0.29) is 11.8 Å². The molecule has 3 aromatic carbocycles. The van der Waals surface area contributed by atoms with Crippen LogP contribution in [-0.4, -0.2) is 19.6 Å². The van der Waals surface area contributed by atoms with Crippen LogP contribution in [0.25, 0.3) is 0 Å². The second-order valence-electron chi connectivity index (χ2n) is 9.48. The molecule has 0 spiro atoms. The first-order valence-electron chi connectivity index (χ1n) is 12.1. The summed E-state index contributed by atoms with van der Waals surface area (Å²) in [5.74, 6) is 1.34. The van der Waals surface area contributed by atoms with Crippen molar-refractivity contribution in [3.05, 3.63) is 94.5 Å². The second-order valence-corrected chi connectivity index (χ2v) is 9.48. The van der Waals surface area contributed by atoms with Gasteiger partial charge in [0.15, 0.2) is 0 Å². The summed E-state index contributed by atoms with van der Waals surface area (Å²) in [6.45, 7) is 7.16. The largest absolute Gasteiger partial charge is 0.497 e. The number of methoxy groups -OCH3 is 1. The second kappa shape index (κ2) is 10.2. The number of hydrogen-bond donors (Lipinski definition) is 0. The van der Waals surface area contributed by atoms with E-state index in [4.69, 9.17) is 4.74 Å². The van der Waals surface area contributed by atoms with Crippen molar-refractivity contribution < 1.29 is 9.53 Å². The number of carbonyl (C=O) groups is 1. The van der Waals surface area contributed by atoms with E-state index >= 15 is 0 Å². The van der Waals surface area contributed by atoms with E-state index in [2.05, 4.69) is 81.4 Å². The zero-order valence-corrected chi connectivity index (χ0v) is 20.3. The molecule has 1 amide bonds. The maximum Gasteiger partial charge on any atom is 0.234 e. The van der Waals surface area contributed by atoms with Crippen molar-refractivity contribution in [3.8, 4) is 5.75 Å². The summed E-state index contributed by atoms with van der Waals surface area (Å²) in [6, 6.07) is 23.3. The lowest BCUT2D eigenvalue weighted by molar-refractivity contribution is -0.120. The number of hydrogen-bond acceptors (Lipinski definition) is 2. The summed E-state index contributed by atoms with van der Waals surface area (Å²) in [7, 11) is 1.69. The van der Waals surface area contributed by atoms with Crippen molar-refractivity contribution in [1.82, 2.24) is 0 Å². The van der Waals surface area contributed by atoms with E-state index in [1.54, 1.807) is 7.11 Å². The Bertz CT molecular complexity index is 1080. The van der Waals surface area contributed by atoms with Crippen LogP contribution >= 0.6 is 0 Å². The van der Waals surface area contributed by atoms with Crippen molar-refractivity contribution in [3.63, 3.8) is 0 Å². The van der Waals surface area contributed by atoms with E-state index in [1.165, 1.54) is 22.3 Å². The third kappa shape index (κ3) is 5.30. The van der Waals surface area contributed by atoms with Crippen LogP contribution in [0.3, 0.4) is 0 Å². The fourth-order valence-electron chi connectivity index (χ4n) is 4.75. The molecule has 0 fully saturated rings. The molecule has 4 rings (SSSR count).